The van der Waals surface area contributed by atoms with Crippen LogP contribution in [0.1, 0.15) is 18.9 Å². The van der Waals surface area contributed by atoms with Gasteiger partial charge in [-0.2, -0.15) is 0 Å². The number of carbonyl (C=O) groups excluding carboxylic acids is 2. The Bertz CT molecular complexity index is 558. The van der Waals surface area contributed by atoms with Gasteiger partial charge in [-0.25, -0.2) is 0 Å². The average Bonchev–Trinajstić information content (AvgIpc) is 2.80. The van der Waals surface area contributed by atoms with E-state index in [0.29, 0.717) is 0 Å². The summed E-state index contributed by atoms with van der Waals surface area (Å²) in [6, 6.07) is 9.15. The number of carbonyl (C=O) groups is 3. The van der Waals surface area contributed by atoms with Crippen molar-refractivity contribution in [2.75, 3.05) is 0 Å². The first kappa shape index (κ1) is 16.4. The zero-order valence-corrected chi connectivity index (χ0v) is 12.7. The third-order valence-corrected chi connectivity index (χ3v) is 4.48. The van der Waals surface area contributed by atoms with Crippen molar-refractivity contribution in [1.29, 1.82) is 0 Å². The first-order valence-corrected chi connectivity index (χ1v) is 7.71. The molecule has 1 saturated heterocycles. The van der Waals surface area contributed by atoms with Gasteiger partial charge in [0.2, 0.25) is 0 Å². The number of thioether (sulfide) groups is 1. The Labute approximate surface area is 131 Å². The summed E-state index contributed by atoms with van der Waals surface area (Å²) in [6.07, 6.45) is -0.802. The van der Waals surface area contributed by atoms with E-state index in [0.717, 1.165) is 17.3 Å². The van der Waals surface area contributed by atoms with E-state index >= 15 is 0 Å². The highest BCUT2D eigenvalue weighted by Crippen LogP contribution is 2.33. The summed E-state index contributed by atoms with van der Waals surface area (Å²) < 4.78 is 10.3. The van der Waals surface area contributed by atoms with E-state index < -0.39 is 34.7 Å². The van der Waals surface area contributed by atoms with Crippen LogP contribution in [0.5, 0.6) is 0 Å². The van der Waals surface area contributed by atoms with Crippen LogP contribution in [0.25, 0.3) is 0 Å². The minimum Gasteiger partial charge on any atom is -0.481 e. The number of benzene rings is 1. The van der Waals surface area contributed by atoms with Crippen molar-refractivity contribution in [2.45, 2.75) is 36.6 Å². The number of rotatable bonds is 6. The van der Waals surface area contributed by atoms with Crippen LogP contribution in [0.3, 0.4) is 0 Å². The molecule has 22 heavy (non-hydrogen) atoms. The van der Waals surface area contributed by atoms with Crippen molar-refractivity contribution in [1.82, 2.24) is 0 Å². The monoisotopic (exact) mass is 324 g/mol. The lowest BCUT2D eigenvalue weighted by Gasteiger charge is -2.18. The molecule has 1 aliphatic heterocycles. The third-order valence-electron chi connectivity index (χ3n) is 3.05. The van der Waals surface area contributed by atoms with Gasteiger partial charge in [0.25, 0.3) is 0 Å². The molecule has 0 amide bonds. The third kappa shape index (κ3) is 4.49. The molecule has 0 spiro atoms. The van der Waals surface area contributed by atoms with Crippen molar-refractivity contribution in [2.24, 2.45) is 0 Å². The molecule has 2 rings (SSSR count). The van der Waals surface area contributed by atoms with Gasteiger partial charge in [-0.3, -0.25) is 14.4 Å². The van der Waals surface area contributed by atoms with Gasteiger partial charge in [-0.1, -0.05) is 42.1 Å². The van der Waals surface area contributed by atoms with Crippen LogP contribution in [0, 0.1) is 0 Å². The zero-order chi connectivity index (χ0) is 16.1. The van der Waals surface area contributed by atoms with Gasteiger partial charge < -0.3 is 14.6 Å². The Morgan fingerprint density at radius 2 is 2.05 bits per heavy atom. The molecule has 1 N–H and O–H groups in total. The van der Waals surface area contributed by atoms with E-state index in [-0.39, 0.29) is 12.8 Å². The Hall–Kier alpha value is -2.02. The standard InChI is InChI=1S/C15H16O6S/c1-9(15-21-14(19)11(22-15)8-12(16)17)20-13(18)7-10-5-3-2-4-6-10/h2-6,9,11,15H,7-8H2,1H3,(H,16,17)/t9-,11?,15?/m0/s1. The fourth-order valence-electron chi connectivity index (χ4n) is 2.00. The van der Waals surface area contributed by atoms with Crippen LogP contribution in [-0.2, 0) is 30.3 Å². The summed E-state index contributed by atoms with van der Waals surface area (Å²) in [6.45, 7) is 1.62. The van der Waals surface area contributed by atoms with E-state index in [9.17, 15) is 14.4 Å². The molecule has 0 saturated carbocycles. The number of cyclic esters (lactones) is 1. The molecule has 1 heterocycles. The second-order valence-corrected chi connectivity index (χ2v) is 6.19. The maximum Gasteiger partial charge on any atom is 0.321 e. The van der Waals surface area contributed by atoms with Crippen LogP contribution < -0.4 is 0 Å². The molecule has 3 atom stereocenters. The minimum atomic E-state index is -1.07. The Balaban J connectivity index is 1.84. The van der Waals surface area contributed by atoms with Gasteiger partial charge in [0.05, 0.1) is 12.8 Å². The van der Waals surface area contributed by atoms with Crippen molar-refractivity contribution >= 4 is 29.7 Å². The summed E-state index contributed by atoms with van der Waals surface area (Å²) >= 11 is 1.07. The fourth-order valence-corrected chi connectivity index (χ4v) is 3.16. The predicted octanol–water partition coefficient (Wildman–Crippen LogP) is 1.62. The maximum atomic E-state index is 11.9. The summed E-state index contributed by atoms with van der Waals surface area (Å²) in [5, 5.41) is 7.97. The lowest BCUT2D eigenvalue weighted by Crippen LogP contribution is -2.27. The normalized spacial score (nSPS) is 22.0. The van der Waals surface area contributed by atoms with Crippen molar-refractivity contribution in [3.63, 3.8) is 0 Å². The molecule has 118 valence electrons. The average molecular weight is 324 g/mol. The smallest absolute Gasteiger partial charge is 0.321 e. The van der Waals surface area contributed by atoms with E-state index in [1.165, 1.54) is 0 Å². The summed E-state index contributed by atoms with van der Waals surface area (Å²) in [5.41, 5.74) is 0.163. The molecule has 0 bridgehead atoms. The van der Waals surface area contributed by atoms with Gasteiger partial charge in [-0.05, 0) is 12.5 Å². The fraction of sp³-hybridized carbons (Fsp3) is 0.400. The Kier molecular flexibility index (Phi) is 5.43. The highest BCUT2D eigenvalue weighted by Gasteiger charge is 2.40. The quantitative estimate of drug-likeness (QED) is 0.795. The summed E-state index contributed by atoms with van der Waals surface area (Å²) in [4.78, 5) is 34.1. The second-order valence-electron chi connectivity index (χ2n) is 4.89. The van der Waals surface area contributed by atoms with Crippen LogP contribution in [0.4, 0.5) is 0 Å². The lowest BCUT2D eigenvalue weighted by molar-refractivity contribution is -0.158. The maximum absolute atomic E-state index is 11.9. The first-order chi connectivity index (χ1) is 10.5. The van der Waals surface area contributed by atoms with E-state index in [4.69, 9.17) is 14.6 Å². The van der Waals surface area contributed by atoms with Gasteiger partial charge in [0.1, 0.15) is 11.4 Å². The van der Waals surface area contributed by atoms with E-state index in [1.807, 2.05) is 30.3 Å². The SMILES string of the molecule is C[C@H](OC(=O)Cc1ccccc1)C1OC(=O)C(CC(=O)O)S1. The highest BCUT2D eigenvalue weighted by molar-refractivity contribution is 8.01. The van der Waals surface area contributed by atoms with Crippen molar-refractivity contribution in [3.05, 3.63) is 35.9 Å². The number of esters is 2. The molecule has 7 heteroatoms. The van der Waals surface area contributed by atoms with E-state index in [1.54, 1.807) is 6.92 Å². The molecule has 0 aliphatic carbocycles. The number of hydrogen-bond acceptors (Lipinski definition) is 6. The second kappa shape index (κ2) is 7.31. The molecule has 0 aromatic heterocycles. The van der Waals surface area contributed by atoms with E-state index in [2.05, 4.69) is 0 Å². The van der Waals surface area contributed by atoms with Crippen LogP contribution in [0.2, 0.25) is 0 Å². The van der Waals surface area contributed by atoms with Crippen LogP contribution in [0.15, 0.2) is 30.3 Å². The molecular weight excluding hydrogens is 308 g/mol. The van der Waals surface area contributed by atoms with Gasteiger partial charge >= 0.3 is 17.9 Å². The molecule has 1 aromatic carbocycles. The molecule has 0 radical (unpaired) electrons. The van der Waals surface area contributed by atoms with Gasteiger partial charge in [0.15, 0.2) is 5.44 Å². The lowest BCUT2D eigenvalue weighted by atomic mass is 10.1. The number of carboxylic acid groups (broad SMARTS) is 1. The minimum absolute atomic E-state index is 0.134. The molecule has 6 nitrogen and oxygen atoms in total. The highest BCUT2D eigenvalue weighted by atomic mass is 32.2. The topological polar surface area (TPSA) is 89.9 Å². The molecule has 1 fully saturated rings. The molecular formula is C15H16O6S. The molecule has 2 unspecified atom stereocenters. The van der Waals surface area contributed by atoms with Gasteiger partial charge in [0, 0.05) is 0 Å². The first-order valence-electron chi connectivity index (χ1n) is 6.77. The molecule has 1 aromatic rings. The largest absolute Gasteiger partial charge is 0.481 e. The van der Waals surface area contributed by atoms with Gasteiger partial charge in [-0.15, -0.1) is 0 Å². The number of aliphatic carboxylic acids is 1. The number of hydrogen-bond donors (Lipinski definition) is 1. The predicted molar refractivity (Wildman–Crippen MR) is 79.2 cm³/mol. The zero-order valence-electron chi connectivity index (χ0n) is 11.9. The van der Waals surface area contributed by atoms with Crippen molar-refractivity contribution < 1.29 is 29.0 Å². The summed E-state index contributed by atoms with van der Waals surface area (Å²) in [7, 11) is 0. The Morgan fingerprint density at radius 1 is 1.36 bits per heavy atom. The molecule has 1 aliphatic rings. The number of carboxylic acids is 1. The Morgan fingerprint density at radius 3 is 2.68 bits per heavy atom. The number of ether oxygens (including phenoxy) is 2. The summed E-state index contributed by atoms with van der Waals surface area (Å²) in [5.74, 6) is -2.07. The van der Waals surface area contributed by atoms with Crippen LogP contribution in [-0.4, -0.2) is 39.8 Å². The van der Waals surface area contributed by atoms with Crippen molar-refractivity contribution in [3.8, 4) is 0 Å². The van der Waals surface area contributed by atoms with Crippen LogP contribution >= 0.6 is 11.8 Å².